The van der Waals surface area contributed by atoms with Gasteiger partial charge in [-0.05, 0) is 60.4 Å². The van der Waals surface area contributed by atoms with Crippen molar-refractivity contribution in [3.8, 4) is 28.6 Å². The number of amidine groups is 1. The van der Waals surface area contributed by atoms with Gasteiger partial charge in [0, 0.05) is 23.4 Å². The van der Waals surface area contributed by atoms with Crippen molar-refractivity contribution in [3.05, 3.63) is 78.1 Å². The molecule has 3 amide bonds. The number of halogens is 3. The fourth-order valence-electron chi connectivity index (χ4n) is 4.53. The Labute approximate surface area is 254 Å². The number of aromatic nitrogens is 3. The van der Waals surface area contributed by atoms with Gasteiger partial charge in [0.2, 0.25) is 5.91 Å². The summed E-state index contributed by atoms with van der Waals surface area (Å²) in [6, 6.07) is 15.3. The number of carbonyl (C=O) groups excluding carboxylic acids is 2. The van der Waals surface area contributed by atoms with Crippen LogP contribution in [0.25, 0.3) is 17.1 Å². The minimum absolute atomic E-state index is 0.111. The highest BCUT2D eigenvalue weighted by atomic mass is 32.2. The first kappa shape index (κ1) is 30.6. The highest BCUT2D eigenvalue weighted by molar-refractivity contribution is 8.15. The number of urea groups is 1. The van der Waals surface area contributed by atoms with Crippen LogP contribution in [0, 0.1) is 6.92 Å². The Morgan fingerprint density at radius 2 is 1.89 bits per heavy atom. The summed E-state index contributed by atoms with van der Waals surface area (Å²) in [5.74, 6) is 0.595. The molecule has 0 saturated carbocycles. The summed E-state index contributed by atoms with van der Waals surface area (Å²) in [5, 5.41) is 7.40. The van der Waals surface area contributed by atoms with Crippen molar-refractivity contribution in [2.75, 3.05) is 23.1 Å². The predicted molar refractivity (Wildman–Crippen MR) is 162 cm³/mol. The molecule has 1 saturated heterocycles. The molecule has 1 aromatic heterocycles. The van der Waals surface area contributed by atoms with E-state index >= 15 is 0 Å². The third kappa shape index (κ3) is 6.86. The van der Waals surface area contributed by atoms with E-state index in [9.17, 15) is 22.8 Å². The Hall–Kier alpha value is -4.85. The maximum Gasteiger partial charge on any atom is 0.573 e. The maximum absolute atomic E-state index is 13.0. The van der Waals surface area contributed by atoms with Crippen LogP contribution in [0.3, 0.4) is 0 Å². The molecule has 44 heavy (non-hydrogen) atoms. The molecule has 1 N–H and O–H groups in total. The molecule has 1 fully saturated rings. The first-order chi connectivity index (χ1) is 20.9. The number of aliphatic imine (C=N–C) groups is 1. The van der Waals surface area contributed by atoms with E-state index in [-0.39, 0.29) is 28.5 Å². The number of benzene rings is 3. The van der Waals surface area contributed by atoms with E-state index in [2.05, 4.69) is 25.1 Å². The van der Waals surface area contributed by atoms with Gasteiger partial charge in [0.25, 0.3) is 0 Å². The highest BCUT2D eigenvalue weighted by Crippen LogP contribution is 2.36. The van der Waals surface area contributed by atoms with Crippen molar-refractivity contribution in [1.82, 2.24) is 14.8 Å². The van der Waals surface area contributed by atoms with Gasteiger partial charge in [0.1, 0.15) is 17.8 Å². The van der Waals surface area contributed by atoms with Gasteiger partial charge < -0.3 is 14.8 Å². The van der Waals surface area contributed by atoms with E-state index in [0.29, 0.717) is 39.8 Å². The number of ether oxygens (including phenoxy) is 2. The van der Waals surface area contributed by atoms with Gasteiger partial charge in [-0.15, -0.1) is 18.3 Å². The summed E-state index contributed by atoms with van der Waals surface area (Å²) in [6.45, 7) is 5.81. The summed E-state index contributed by atoms with van der Waals surface area (Å²) >= 11 is 1.18. The molecule has 0 unspecified atom stereocenters. The van der Waals surface area contributed by atoms with Crippen molar-refractivity contribution in [1.29, 1.82) is 0 Å². The number of nitrogens with one attached hydrogen (secondary N) is 1. The lowest BCUT2D eigenvalue weighted by molar-refractivity contribution is -0.274. The van der Waals surface area contributed by atoms with Crippen LogP contribution in [0.1, 0.15) is 30.9 Å². The van der Waals surface area contributed by atoms with Gasteiger partial charge in [-0.2, -0.15) is 4.99 Å². The number of hydrogen-bond donors (Lipinski definition) is 1. The fourth-order valence-corrected chi connectivity index (χ4v) is 5.39. The summed E-state index contributed by atoms with van der Waals surface area (Å²) in [7, 11) is 1.54. The van der Waals surface area contributed by atoms with Gasteiger partial charge in [0.15, 0.2) is 11.0 Å². The molecule has 3 aromatic carbocycles. The number of methoxy groups -OCH3 is 1. The lowest BCUT2D eigenvalue weighted by Crippen LogP contribution is -2.31. The largest absolute Gasteiger partial charge is 0.573 e. The molecule has 0 radical (unpaired) electrons. The molecule has 2 heterocycles. The normalized spacial score (nSPS) is 14.4. The molecule has 0 bridgehead atoms. The summed E-state index contributed by atoms with van der Waals surface area (Å²) in [6.07, 6.45) is -3.44. The average molecular weight is 625 g/mol. The average Bonchev–Trinajstić information content (AvgIpc) is 3.60. The number of alkyl halides is 3. The van der Waals surface area contributed by atoms with Crippen LogP contribution in [0.15, 0.2) is 72.0 Å². The lowest BCUT2D eigenvalue weighted by Gasteiger charge is -2.22. The third-order valence-electron chi connectivity index (χ3n) is 6.60. The minimum atomic E-state index is -4.81. The van der Waals surface area contributed by atoms with Crippen LogP contribution in [-0.2, 0) is 4.79 Å². The zero-order valence-electron chi connectivity index (χ0n) is 24.0. The quantitative estimate of drug-likeness (QED) is 0.237. The van der Waals surface area contributed by atoms with Gasteiger partial charge in [-0.1, -0.05) is 37.7 Å². The SMILES string of the molecule is COc1ccc(C(C)C)c(N2C(=O)CS/C2=N\C(=O)Nc2ccc(-c3ncn(-c4cccc(OC(F)(F)F)c4)n3)cc2C)c1. The van der Waals surface area contributed by atoms with Gasteiger partial charge in [-0.3, -0.25) is 9.69 Å². The molecule has 1 aliphatic heterocycles. The Bertz CT molecular complexity index is 1750. The molecule has 5 rings (SSSR count). The van der Waals surface area contributed by atoms with Gasteiger partial charge in [0.05, 0.1) is 24.2 Å². The molecule has 4 aromatic rings. The number of aryl methyl sites for hydroxylation is 1. The number of hydrogen-bond acceptors (Lipinski definition) is 7. The summed E-state index contributed by atoms with van der Waals surface area (Å²) in [4.78, 5) is 35.8. The van der Waals surface area contributed by atoms with Crippen LogP contribution >= 0.6 is 11.8 Å². The van der Waals surface area contributed by atoms with E-state index in [0.717, 1.165) is 5.56 Å². The monoisotopic (exact) mass is 624 g/mol. The predicted octanol–water partition coefficient (Wildman–Crippen LogP) is 6.94. The zero-order chi connectivity index (χ0) is 31.6. The molecular formula is C30H27F3N6O4S. The van der Waals surface area contributed by atoms with Gasteiger partial charge in [-0.25, -0.2) is 14.5 Å². The van der Waals surface area contributed by atoms with E-state index < -0.39 is 12.4 Å². The third-order valence-corrected chi connectivity index (χ3v) is 7.52. The molecule has 0 spiro atoms. The Kier molecular flexibility index (Phi) is 8.63. The van der Waals surface area contributed by atoms with Crippen LogP contribution in [0.5, 0.6) is 11.5 Å². The van der Waals surface area contributed by atoms with E-state index in [1.165, 1.54) is 45.9 Å². The molecule has 14 heteroatoms. The van der Waals surface area contributed by atoms with Crippen LogP contribution in [0.4, 0.5) is 29.3 Å². The van der Waals surface area contributed by atoms with Crippen molar-refractivity contribution in [2.45, 2.75) is 33.1 Å². The summed E-state index contributed by atoms with van der Waals surface area (Å²) < 4.78 is 48.5. The Morgan fingerprint density at radius 1 is 1.09 bits per heavy atom. The van der Waals surface area contributed by atoms with Crippen LogP contribution < -0.4 is 19.7 Å². The minimum Gasteiger partial charge on any atom is -0.497 e. The molecule has 10 nitrogen and oxygen atoms in total. The zero-order valence-corrected chi connectivity index (χ0v) is 24.9. The second-order valence-electron chi connectivity index (χ2n) is 10.0. The van der Waals surface area contributed by atoms with Gasteiger partial charge >= 0.3 is 12.4 Å². The number of amides is 3. The second-order valence-corrected chi connectivity index (χ2v) is 11.0. The fraction of sp³-hybridized carbons (Fsp3) is 0.233. The Morgan fingerprint density at radius 3 is 2.59 bits per heavy atom. The van der Waals surface area contributed by atoms with Crippen molar-refractivity contribution in [3.63, 3.8) is 0 Å². The number of thioether (sulfide) groups is 1. The summed E-state index contributed by atoms with van der Waals surface area (Å²) in [5.41, 5.74) is 3.67. The second kappa shape index (κ2) is 12.4. The Balaban J connectivity index is 1.33. The van der Waals surface area contributed by atoms with E-state index in [1.807, 2.05) is 26.0 Å². The van der Waals surface area contributed by atoms with Crippen LogP contribution in [0.2, 0.25) is 0 Å². The molecule has 0 atom stereocenters. The standard InChI is InChI=1S/C30H27F3N6O4S/c1-17(2)23-10-9-21(42-4)14-25(23)39-26(40)15-44-29(39)36-28(41)35-24-11-8-19(12-18(24)3)27-34-16-38(37-27)20-6-5-7-22(13-20)43-30(31,32)33/h5-14,16-17H,15H2,1-4H3,(H,35,41)/b36-29-. The maximum atomic E-state index is 13.0. The van der Waals surface area contributed by atoms with E-state index in [4.69, 9.17) is 4.74 Å². The molecule has 228 valence electrons. The molecular weight excluding hydrogens is 597 g/mol. The molecule has 1 aliphatic rings. The van der Waals surface area contributed by atoms with E-state index in [1.54, 1.807) is 44.4 Å². The van der Waals surface area contributed by atoms with Crippen molar-refractivity contribution < 1.29 is 32.2 Å². The van der Waals surface area contributed by atoms with Crippen LogP contribution in [-0.4, -0.2) is 51.1 Å². The number of nitrogens with zero attached hydrogens (tertiary/aromatic N) is 5. The smallest absolute Gasteiger partial charge is 0.497 e. The molecule has 0 aliphatic carbocycles. The van der Waals surface area contributed by atoms with Crippen molar-refractivity contribution >= 4 is 40.2 Å². The number of rotatable bonds is 7. The topological polar surface area (TPSA) is 111 Å². The first-order valence-corrected chi connectivity index (χ1v) is 14.3. The number of anilines is 2. The number of carbonyl (C=O) groups is 2. The first-order valence-electron chi connectivity index (χ1n) is 13.3. The van der Waals surface area contributed by atoms with Crippen molar-refractivity contribution in [2.24, 2.45) is 4.99 Å². The highest BCUT2D eigenvalue weighted by Gasteiger charge is 2.33. The lowest BCUT2D eigenvalue weighted by atomic mass is 10.00.